The van der Waals surface area contributed by atoms with Crippen molar-refractivity contribution < 1.29 is 17.6 Å². The summed E-state index contributed by atoms with van der Waals surface area (Å²) in [6.07, 6.45) is 1.78. The number of benzene rings is 1. The molecule has 0 radical (unpaired) electrons. The Labute approximate surface area is 165 Å². The third-order valence-electron chi connectivity index (χ3n) is 4.45. The highest BCUT2D eigenvalue weighted by Crippen LogP contribution is 2.24. The minimum absolute atomic E-state index is 0.150. The molecule has 0 bridgehead atoms. The van der Waals surface area contributed by atoms with Crippen molar-refractivity contribution in [1.82, 2.24) is 15.1 Å². The highest BCUT2D eigenvalue weighted by Gasteiger charge is 2.21. The van der Waals surface area contributed by atoms with Gasteiger partial charge in [0.2, 0.25) is 15.9 Å². The van der Waals surface area contributed by atoms with Crippen LogP contribution >= 0.6 is 11.6 Å². The van der Waals surface area contributed by atoms with Crippen LogP contribution in [0.1, 0.15) is 6.42 Å². The molecule has 152 valence electrons. The number of nitrogens with one attached hydrogen (secondary N) is 1. The number of carbonyl (C=O) groups excluding carboxylic acids is 1. The van der Waals surface area contributed by atoms with Gasteiger partial charge in [-0.2, -0.15) is 0 Å². The van der Waals surface area contributed by atoms with Crippen molar-refractivity contribution in [3.8, 4) is 0 Å². The van der Waals surface area contributed by atoms with E-state index in [1.807, 2.05) is 0 Å². The van der Waals surface area contributed by atoms with Crippen molar-refractivity contribution in [3.05, 3.63) is 29.0 Å². The van der Waals surface area contributed by atoms with Crippen LogP contribution in [-0.2, 0) is 14.8 Å². The molecule has 1 aromatic rings. The lowest BCUT2D eigenvalue weighted by Gasteiger charge is -2.32. The van der Waals surface area contributed by atoms with Crippen LogP contribution in [0.2, 0.25) is 5.02 Å². The van der Waals surface area contributed by atoms with Gasteiger partial charge in [0.25, 0.3) is 0 Å². The Balaban J connectivity index is 1.84. The van der Waals surface area contributed by atoms with E-state index in [4.69, 9.17) is 11.6 Å². The van der Waals surface area contributed by atoms with Crippen LogP contribution in [0.5, 0.6) is 0 Å². The van der Waals surface area contributed by atoms with Crippen molar-refractivity contribution >= 4 is 33.2 Å². The van der Waals surface area contributed by atoms with Gasteiger partial charge in [0.15, 0.2) is 0 Å². The van der Waals surface area contributed by atoms with Crippen LogP contribution in [0.15, 0.2) is 18.2 Å². The largest absolute Gasteiger partial charge is 0.354 e. The molecule has 0 aromatic heterocycles. The molecule has 1 aliphatic heterocycles. The molecule has 10 heteroatoms. The molecule has 27 heavy (non-hydrogen) atoms. The molecule has 0 unspecified atom stereocenters. The molecular formula is C17H26ClFN4O3S. The number of rotatable bonds is 8. The summed E-state index contributed by atoms with van der Waals surface area (Å²) >= 11 is 5.73. The SMILES string of the molecule is CN1CCN(CCCNC(=O)CN(c2ccc(F)c(Cl)c2)S(C)(=O)=O)CC1. The maximum Gasteiger partial charge on any atom is 0.240 e. The molecule has 1 aromatic carbocycles. The average molecular weight is 421 g/mol. The lowest BCUT2D eigenvalue weighted by molar-refractivity contribution is -0.119. The zero-order valence-corrected chi connectivity index (χ0v) is 17.2. The molecule has 0 aliphatic carbocycles. The van der Waals surface area contributed by atoms with Gasteiger partial charge in [-0.15, -0.1) is 0 Å². The van der Waals surface area contributed by atoms with Crippen LogP contribution in [0.25, 0.3) is 0 Å². The molecular weight excluding hydrogens is 395 g/mol. The summed E-state index contributed by atoms with van der Waals surface area (Å²) in [6.45, 7) is 5.07. The van der Waals surface area contributed by atoms with Gasteiger partial charge in [-0.05, 0) is 38.2 Å². The maximum absolute atomic E-state index is 13.3. The predicted molar refractivity (Wildman–Crippen MR) is 105 cm³/mol. The first-order valence-electron chi connectivity index (χ1n) is 8.77. The first-order chi connectivity index (χ1) is 12.7. The summed E-state index contributed by atoms with van der Waals surface area (Å²) in [5, 5.41) is 2.54. The molecule has 0 spiro atoms. The molecule has 2 rings (SSSR count). The zero-order valence-electron chi connectivity index (χ0n) is 15.6. The summed E-state index contributed by atoms with van der Waals surface area (Å²) in [5.74, 6) is -1.07. The molecule has 7 nitrogen and oxygen atoms in total. The number of likely N-dealkylation sites (N-methyl/N-ethyl adjacent to an activating group) is 1. The average Bonchev–Trinajstić information content (AvgIpc) is 2.60. The second-order valence-corrected chi connectivity index (χ2v) is 9.03. The monoisotopic (exact) mass is 420 g/mol. The standard InChI is InChI=1S/C17H26ClFN4O3S/c1-21-8-10-22(11-9-21)7-3-6-20-17(24)13-23(27(2,25)26)14-4-5-16(19)15(18)12-14/h4-5,12H,3,6-11,13H2,1-2H3,(H,20,24). The molecule has 1 amide bonds. The van der Waals surface area contributed by atoms with Crippen molar-refractivity contribution in [2.24, 2.45) is 0 Å². The second kappa shape index (κ2) is 9.68. The van der Waals surface area contributed by atoms with Gasteiger partial charge in [0, 0.05) is 32.7 Å². The molecule has 0 atom stereocenters. The fourth-order valence-electron chi connectivity index (χ4n) is 2.83. The molecule has 1 N–H and O–H groups in total. The van der Waals surface area contributed by atoms with Crippen LogP contribution < -0.4 is 9.62 Å². The van der Waals surface area contributed by atoms with Gasteiger partial charge in [-0.25, -0.2) is 12.8 Å². The minimum Gasteiger partial charge on any atom is -0.354 e. The summed E-state index contributed by atoms with van der Waals surface area (Å²) in [4.78, 5) is 16.8. The number of piperazine rings is 1. The Hall–Kier alpha value is -1.42. The van der Waals surface area contributed by atoms with E-state index < -0.39 is 21.7 Å². The lowest BCUT2D eigenvalue weighted by atomic mass is 10.3. The number of hydrogen-bond donors (Lipinski definition) is 1. The topological polar surface area (TPSA) is 73.0 Å². The first kappa shape index (κ1) is 21.9. The number of halogens is 2. The van der Waals surface area contributed by atoms with Crippen LogP contribution in [0.4, 0.5) is 10.1 Å². The van der Waals surface area contributed by atoms with Crippen LogP contribution in [-0.4, -0.2) is 83.2 Å². The number of sulfonamides is 1. The number of amides is 1. The molecule has 1 aliphatic rings. The number of carbonyl (C=O) groups is 1. The molecule has 1 heterocycles. The Morgan fingerprint density at radius 2 is 1.96 bits per heavy atom. The van der Waals surface area contributed by atoms with Crippen LogP contribution in [0.3, 0.4) is 0 Å². The van der Waals surface area contributed by atoms with E-state index >= 15 is 0 Å². The third-order valence-corrected chi connectivity index (χ3v) is 5.88. The third kappa shape index (κ3) is 6.91. The van der Waals surface area contributed by atoms with E-state index in [2.05, 4.69) is 22.2 Å². The van der Waals surface area contributed by atoms with E-state index in [-0.39, 0.29) is 17.3 Å². The molecule has 1 saturated heterocycles. The van der Waals surface area contributed by atoms with E-state index in [1.54, 1.807) is 0 Å². The Kier molecular flexibility index (Phi) is 7.84. The van der Waals surface area contributed by atoms with Gasteiger partial charge in [-0.1, -0.05) is 11.6 Å². The summed E-state index contributed by atoms with van der Waals surface area (Å²) < 4.78 is 38.3. The van der Waals surface area contributed by atoms with Crippen molar-refractivity contribution in [2.45, 2.75) is 6.42 Å². The summed E-state index contributed by atoms with van der Waals surface area (Å²) in [5.41, 5.74) is 0.150. The van der Waals surface area contributed by atoms with E-state index in [0.29, 0.717) is 6.54 Å². The van der Waals surface area contributed by atoms with E-state index in [0.717, 1.165) is 55.8 Å². The van der Waals surface area contributed by atoms with Crippen molar-refractivity contribution in [2.75, 3.05) is 63.4 Å². The minimum atomic E-state index is -3.72. The molecule has 0 saturated carbocycles. The fourth-order valence-corrected chi connectivity index (χ4v) is 3.85. The molecule has 1 fully saturated rings. The Morgan fingerprint density at radius 3 is 2.56 bits per heavy atom. The highest BCUT2D eigenvalue weighted by atomic mass is 35.5. The normalized spacial score (nSPS) is 16.3. The van der Waals surface area contributed by atoms with Gasteiger partial charge in [-0.3, -0.25) is 9.10 Å². The quantitative estimate of drug-likeness (QED) is 0.635. The predicted octanol–water partition coefficient (Wildman–Crippen LogP) is 0.999. The Morgan fingerprint density at radius 1 is 1.30 bits per heavy atom. The zero-order chi connectivity index (χ0) is 20.0. The van der Waals surface area contributed by atoms with Crippen molar-refractivity contribution in [3.63, 3.8) is 0 Å². The van der Waals surface area contributed by atoms with Crippen LogP contribution in [0, 0.1) is 5.82 Å². The smallest absolute Gasteiger partial charge is 0.240 e. The lowest BCUT2D eigenvalue weighted by Crippen LogP contribution is -2.45. The van der Waals surface area contributed by atoms with Gasteiger partial charge in [0.05, 0.1) is 17.0 Å². The number of anilines is 1. The fraction of sp³-hybridized carbons (Fsp3) is 0.588. The van der Waals surface area contributed by atoms with Gasteiger partial charge >= 0.3 is 0 Å². The summed E-state index contributed by atoms with van der Waals surface area (Å²) in [6, 6.07) is 3.55. The van der Waals surface area contributed by atoms with Gasteiger partial charge < -0.3 is 15.1 Å². The van der Waals surface area contributed by atoms with E-state index in [9.17, 15) is 17.6 Å². The Bertz CT molecular complexity index is 755. The second-order valence-electron chi connectivity index (χ2n) is 6.72. The summed E-state index contributed by atoms with van der Waals surface area (Å²) in [7, 11) is -1.62. The number of hydrogen-bond acceptors (Lipinski definition) is 5. The number of nitrogens with zero attached hydrogens (tertiary/aromatic N) is 3. The first-order valence-corrected chi connectivity index (χ1v) is 11.0. The van der Waals surface area contributed by atoms with E-state index in [1.165, 1.54) is 12.1 Å². The van der Waals surface area contributed by atoms with Gasteiger partial charge in [0.1, 0.15) is 12.4 Å². The van der Waals surface area contributed by atoms with Crippen molar-refractivity contribution in [1.29, 1.82) is 0 Å². The highest BCUT2D eigenvalue weighted by molar-refractivity contribution is 7.92. The maximum atomic E-state index is 13.3.